The van der Waals surface area contributed by atoms with Crippen molar-refractivity contribution in [1.29, 1.82) is 0 Å². The van der Waals surface area contributed by atoms with Gasteiger partial charge in [-0.05, 0) is 51.7 Å². The van der Waals surface area contributed by atoms with Crippen LogP contribution in [-0.4, -0.2) is 71.2 Å². The van der Waals surface area contributed by atoms with Gasteiger partial charge in [0.15, 0.2) is 0 Å². The average molecular weight is 375 g/mol. The van der Waals surface area contributed by atoms with Crippen molar-refractivity contribution in [3.8, 4) is 0 Å². The number of hydrogen-bond acceptors (Lipinski definition) is 5. The molecule has 4 rings (SSSR count). The molecule has 3 aliphatic heterocycles. The summed E-state index contributed by atoms with van der Waals surface area (Å²) >= 11 is 0. The van der Waals surface area contributed by atoms with Gasteiger partial charge in [-0.1, -0.05) is 17.7 Å². The Kier molecular flexibility index (Phi) is 5.23. The summed E-state index contributed by atoms with van der Waals surface area (Å²) in [4.78, 5) is 5.07. The van der Waals surface area contributed by atoms with Crippen molar-refractivity contribution >= 4 is 5.69 Å². The molecular weight excluding hydrogens is 340 g/mol. The van der Waals surface area contributed by atoms with Gasteiger partial charge in [0.1, 0.15) is 6.10 Å². The fourth-order valence-electron chi connectivity index (χ4n) is 5.17. The second kappa shape index (κ2) is 7.36. The summed E-state index contributed by atoms with van der Waals surface area (Å²) in [6.45, 7) is 8.51. The lowest BCUT2D eigenvalue weighted by atomic mass is 9.74. The molecule has 5 heteroatoms. The summed E-state index contributed by atoms with van der Waals surface area (Å²) in [7, 11) is 0. The predicted octanol–water partition coefficient (Wildman–Crippen LogP) is 2.33. The molecule has 1 aromatic carbocycles. The molecule has 2 atom stereocenters. The van der Waals surface area contributed by atoms with Crippen LogP contribution < -0.4 is 4.90 Å². The van der Waals surface area contributed by atoms with Crippen molar-refractivity contribution in [3.63, 3.8) is 0 Å². The first-order chi connectivity index (χ1) is 12.9. The van der Waals surface area contributed by atoms with Crippen molar-refractivity contribution in [3.05, 3.63) is 29.8 Å². The number of anilines is 1. The van der Waals surface area contributed by atoms with Gasteiger partial charge in [0.2, 0.25) is 0 Å². The van der Waals surface area contributed by atoms with Gasteiger partial charge < -0.3 is 24.7 Å². The van der Waals surface area contributed by atoms with Crippen LogP contribution in [0.25, 0.3) is 0 Å². The van der Waals surface area contributed by atoms with E-state index in [2.05, 4.69) is 41.0 Å². The van der Waals surface area contributed by atoms with E-state index in [0.717, 1.165) is 39.0 Å². The third kappa shape index (κ3) is 3.75. The molecule has 0 unspecified atom stereocenters. The lowest BCUT2D eigenvalue weighted by Crippen LogP contribution is -2.65. The Morgan fingerprint density at radius 1 is 1.00 bits per heavy atom. The van der Waals surface area contributed by atoms with Crippen LogP contribution in [0, 0.1) is 6.92 Å². The molecule has 3 fully saturated rings. The highest BCUT2D eigenvalue weighted by Gasteiger charge is 2.52. The van der Waals surface area contributed by atoms with Crippen molar-refractivity contribution in [1.82, 2.24) is 4.90 Å². The number of benzene rings is 1. The largest absolute Gasteiger partial charge is 0.387 e. The van der Waals surface area contributed by atoms with E-state index in [1.165, 1.54) is 24.1 Å². The Labute approximate surface area is 162 Å². The van der Waals surface area contributed by atoms with E-state index >= 15 is 0 Å². The van der Waals surface area contributed by atoms with Crippen molar-refractivity contribution in [2.75, 3.05) is 37.7 Å². The number of hydrogen-bond donors (Lipinski definition) is 2. The van der Waals surface area contributed by atoms with E-state index in [0.29, 0.717) is 19.1 Å². The van der Waals surface area contributed by atoms with Gasteiger partial charge in [-0.3, -0.25) is 0 Å². The third-order valence-corrected chi connectivity index (χ3v) is 7.11. The molecule has 0 aliphatic carbocycles. The first-order valence-electron chi connectivity index (χ1n) is 10.5. The highest BCUT2D eigenvalue weighted by Crippen LogP contribution is 2.40. The van der Waals surface area contributed by atoms with Gasteiger partial charge in [0.05, 0.1) is 17.8 Å². The minimum Gasteiger partial charge on any atom is -0.387 e. The summed E-state index contributed by atoms with van der Waals surface area (Å²) in [6.07, 6.45) is 3.70. The van der Waals surface area contributed by atoms with Crippen LogP contribution in [0.3, 0.4) is 0 Å². The number of likely N-dealkylation sites (tertiary alicyclic amines) is 1. The smallest absolute Gasteiger partial charge is 0.111 e. The second-order valence-electron chi connectivity index (χ2n) is 9.01. The molecule has 3 heterocycles. The molecule has 5 nitrogen and oxygen atoms in total. The minimum atomic E-state index is -1.03. The molecule has 1 spiro atoms. The van der Waals surface area contributed by atoms with Crippen molar-refractivity contribution in [2.24, 2.45) is 0 Å². The number of aliphatic hydroxyl groups is 2. The quantitative estimate of drug-likeness (QED) is 0.832. The van der Waals surface area contributed by atoms with Crippen LogP contribution in [0.1, 0.15) is 44.6 Å². The van der Waals surface area contributed by atoms with Gasteiger partial charge >= 0.3 is 0 Å². The predicted molar refractivity (Wildman–Crippen MR) is 107 cm³/mol. The lowest BCUT2D eigenvalue weighted by molar-refractivity contribution is -0.247. The summed E-state index contributed by atoms with van der Waals surface area (Å²) in [6, 6.07) is 9.46. The first kappa shape index (κ1) is 19.2. The molecule has 1 aromatic rings. The maximum atomic E-state index is 10.7. The molecule has 27 heavy (non-hydrogen) atoms. The third-order valence-electron chi connectivity index (χ3n) is 7.11. The summed E-state index contributed by atoms with van der Waals surface area (Å²) in [5.41, 5.74) is 1.06. The zero-order valence-electron chi connectivity index (χ0n) is 16.7. The topological polar surface area (TPSA) is 56.2 Å². The molecule has 3 saturated heterocycles. The van der Waals surface area contributed by atoms with E-state index in [1.807, 2.05) is 0 Å². The molecule has 150 valence electrons. The number of aliphatic hydroxyl groups excluding tert-OH is 1. The summed E-state index contributed by atoms with van der Waals surface area (Å²) in [5.74, 6) is 0. The standard InChI is InChI=1S/C22H34N2O3/c1-17-3-5-18(6-4-17)23-12-7-19(8-13-23)24-14-9-22(10-15-24)20(25)21(2,26)11-16-27-22/h3-6,19-20,25-26H,7-16H2,1-2H3/t20-,21+/m0/s1. The van der Waals surface area contributed by atoms with Crippen LogP contribution in [0.2, 0.25) is 0 Å². The maximum absolute atomic E-state index is 10.7. The molecule has 0 amide bonds. The fourth-order valence-corrected chi connectivity index (χ4v) is 5.17. The summed E-state index contributed by atoms with van der Waals surface area (Å²) < 4.78 is 6.03. The first-order valence-corrected chi connectivity index (χ1v) is 10.5. The number of nitrogens with zero attached hydrogens (tertiary/aromatic N) is 2. The highest BCUT2D eigenvalue weighted by atomic mass is 16.5. The van der Waals surface area contributed by atoms with Crippen LogP contribution in [-0.2, 0) is 4.74 Å². The number of ether oxygens (including phenoxy) is 1. The average Bonchev–Trinajstić information content (AvgIpc) is 2.68. The number of rotatable bonds is 2. The molecule has 0 saturated carbocycles. The molecule has 0 bridgehead atoms. The maximum Gasteiger partial charge on any atom is 0.111 e. The Morgan fingerprint density at radius 3 is 2.26 bits per heavy atom. The zero-order chi connectivity index (χ0) is 19.1. The molecular formula is C22H34N2O3. The van der Waals surface area contributed by atoms with E-state index in [9.17, 15) is 10.2 Å². The molecule has 2 N–H and O–H groups in total. The van der Waals surface area contributed by atoms with Crippen LogP contribution >= 0.6 is 0 Å². The Balaban J connectivity index is 1.31. The van der Waals surface area contributed by atoms with E-state index in [-0.39, 0.29) is 0 Å². The summed E-state index contributed by atoms with van der Waals surface area (Å²) in [5, 5.41) is 21.2. The highest BCUT2D eigenvalue weighted by molar-refractivity contribution is 5.47. The van der Waals surface area contributed by atoms with Gasteiger partial charge in [-0.15, -0.1) is 0 Å². The Bertz CT molecular complexity index is 629. The van der Waals surface area contributed by atoms with E-state index in [1.54, 1.807) is 6.92 Å². The van der Waals surface area contributed by atoms with Crippen molar-refractivity contribution < 1.29 is 14.9 Å². The normalized spacial score (nSPS) is 32.7. The van der Waals surface area contributed by atoms with Crippen LogP contribution in [0.4, 0.5) is 5.69 Å². The monoisotopic (exact) mass is 374 g/mol. The van der Waals surface area contributed by atoms with Gasteiger partial charge in [0.25, 0.3) is 0 Å². The zero-order valence-corrected chi connectivity index (χ0v) is 16.7. The molecule has 0 aromatic heterocycles. The van der Waals surface area contributed by atoms with Gasteiger partial charge in [-0.25, -0.2) is 0 Å². The van der Waals surface area contributed by atoms with Gasteiger partial charge in [0, 0.05) is 44.3 Å². The molecule has 3 aliphatic rings. The Hall–Kier alpha value is -1.14. The Morgan fingerprint density at radius 2 is 1.63 bits per heavy atom. The second-order valence-corrected chi connectivity index (χ2v) is 9.01. The minimum absolute atomic E-state index is 0.511. The number of aryl methyl sites for hydroxylation is 1. The molecule has 0 radical (unpaired) electrons. The van der Waals surface area contributed by atoms with E-state index in [4.69, 9.17) is 4.74 Å². The van der Waals surface area contributed by atoms with Crippen molar-refractivity contribution in [2.45, 2.75) is 69.3 Å². The number of piperidine rings is 2. The SMILES string of the molecule is Cc1ccc(N2CCC(N3CCC4(CC3)OCC[C@@](C)(O)[C@@H]4O)CC2)cc1. The van der Waals surface area contributed by atoms with Crippen LogP contribution in [0.5, 0.6) is 0 Å². The van der Waals surface area contributed by atoms with E-state index < -0.39 is 17.3 Å². The lowest BCUT2D eigenvalue weighted by Gasteiger charge is -2.53. The van der Waals surface area contributed by atoms with Gasteiger partial charge in [-0.2, -0.15) is 0 Å². The van der Waals surface area contributed by atoms with Crippen LogP contribution in [0.15, 0.2) is 24.3 Å². The fraction of sp³-hybridized carbons (Fsp3) is 0.727.